The number of hydrogen-bond donors (Lipinski definition) is 1. The van der Waals surface area contributed by atoms with E-state index < -0.39 is 6.10 Å². The van der Waals surface area contributed by atoms with Crippen LogP contribution in [-0.2, 0) is 22.6 Å². The molecule has 2 aromatic carbocycles. The third kappa shape index (κ3) is 5.19. The van der Waals surface area contributed by atoms with E-state index in [1.807, 2.05) is 60.7 Å². The van der Waals surface area contributed by atoms with Gasteiger partial charge in [0, 0.05) is 38.9 Å². The Bertz CT molecular complexity index is 795. The predicted molar refractivity (Wildman–Crippen MR) is 114 cm³/mol. The molecule has 0 spiro atoms. The van der Waals surface area contributed by atoms with Gasteiger partial charge in [-0.2, -0.15) is 0 Å². The van der Waals surface area contributed by atoms with Crippen molar-refractivity contribution in [2.45, 2.75) is 44.2 Å². The molecular weight excluding hydrogens is 380 g/mol. The number of aliphatic hydroxyl groups excluding tert-OH is 1. The Hall–Kier alpha value is -2.41. The summed E-state index contributed by atoms with van der Waals surface area (Å²) in [4.78, 5) is 17.1. The van der Waals surface area contributed by atoms with Crippen LogP contribution in [0.4, 0.5) is 4.79 Å². The lowest BCUT2D eigenvalue weighted by Crippen LogP contribution is -2.47. The first-order chi connectivity index (χ1) is 14.7. The largest absolute Gasteiger partial charge is 0.445 e. The highest BCUT2D eigenvalue weighted by Gasteiger charge is 2.41. The van der Waals surface area contributed by atoms with Crippen molar-refractivity contribution in [3.63, 3.8) is 0 Å². The Kier molecular flexibility index (Phi) is 7.00. The predicted octanol–water partition coefficient (Wildman–Crippen LogP) is 3.05. The number of carbonyl (C=O) groups is 1. The molecule has 2 aliphatic rings. The molecule has 1 amide bonds. The fourth-order valence-electron chi connectivity index (χ4n) is 4.35. The number of β-amino-alcohol motifs (C(OH)–C–C–N with tert-alkyl or cyclic N) is 1. The number of ether oxygens (including phenoxy) is 2. The SMILES string of the molecule is O=C(OCc1ccccc1)N(Cc1ccccc1)[C@@H]1CN(C2CCOCC2)C[C@H]1O. The van der Waals surface area contributed by atoms with E-state index in [-0.39, 0.29) is 18.7 Å². The highest BCUT2D eigenvalue weighted by Crippen LogP contribution is 2.25. The summed E-state index contributed by atoms with van der Waals surface area (Å²) in [6.45, 7) is 3.38. The first-order valence-electron chi connectivity index (χ1n) is 10.7. The van der Waals surface area contributed by atoms with Gasteiger partial charge in [-0.25, -0.2) is 4.79 Å². The van der Waals surface area contributed by atoms with Gasteiger partial charge in [-0.1, -0.05) is 60.7 Å². The maximum Gasteiger partial charge on any atom is 0.410 e. The van der Waals surface area contributed by atoms with Gasteiger partial charge in [0.2, 0.25) is 0 Å². The third-order valence-electron chi connectivity index (χ3n) is 6.03. The van der Waals surface area contributed by atoms with Gasteiger partial charge in [-0.05, 0) is 24.0 Å². The molecule has 30 heavy (non-hydrogen) atoms. The molecule has 2 atom stereocenters. The van der Waals surface area contributed by atoms with Crippen LogP contribution < -0.4 is 0 Å². The van der Waals surface area contributed by atoms with E-state index in [1.165, 1.54) is 0 Å². The summed E-state index contributed by atoms with van der Waals surface area (Å²) in [6.07, 6.45) is 0.953. The van der Waals surface area contributed by atoms with Crippen LogP contribution in [-0.4, -0.2) is 65.5 Å². The molecule has 2 heterocycles. The van der Waals surface area contributed by atoms with Gasteiger partial charge in [-0.15, -0.1) is 0 Å². The Morgan fingerprint density at radius 2 is 1.63 bits per heavy atom. The highest BCUT2D eigenvalue weighted by molar-refractivity contribution is 5.68. The van der Waals surface area contributed by atoms with Gasteiger partial charge in [0.05, 0.1) is 12.1 Å². The molecule has 0 unspecified atom stereocenters. The zero-order valence-corrected chi connectivity index (χ0v) is 17.2. The van der Waals surface area contributed by atoms with Gasteiger partial charge >= 0.3 is 6.09 Å². The van der Waals surface area contributed by atoms with Gasteiger partial charge in [-0.3, -0.25) is 9.80 Å². The van der Waals surface area contributed by atoms with E-state index in [0.717, 1.165) is 37.2 Å². The smallest absolute Gasteiger partial charge is 0.410 e. The van der Waals surface area contributed by atoms with Crippen molar-refractivity contribution < 1.29 is 19.4 Å². The van der Waals surface area contributed by atoms with E-state index in [0.29, 0.717) is 25.7 Å². The van der Waals surface area contributed by atoms with Crippen LogP contribution >= 0.6 is 0 Å². The first kappa shape index (κ1) is 20.8. The summed E-state index contributed by atoms with van der Waals surface area (Å²) in [5.41, 5.74) is 1.96. The van der Waals surface area contributed by atoms with E-state index >= 15 is 0 Å². The minimum atomic E-state index is -0.596. The molecule has 160 valence electrons. The highest BCUT2D eigenvalue weighted by atomic mass is 16.6. The standard InChI is InChI=1S/C24H30N2O4/c27-23-17-25(21-11-13-29-14-12-21)16-22(23)26(15-19-7-3-1-4-8-19)24(28)30-18-20-9-5-2-6-10-20/h1-10,21-23,27H,11-18H2/t22-,23-/m1/s1. The van der Waals surface area contributed by atoms with Crippen molar-refractivity contribution in [1.82, 2.24) is 9.80 Å². The number of carbonyl (C=O) groups excluding carboxylic acids is 1. The summed E-state index contributed by atoms with van der Waals surface area (Å²) in [5.74, 6) is 0. The van der Waals surface area contributed by atoms with Crippen molar-refractivity contribution in [1.29, 1.82) is 0 Å². The molecule has 2 saturated heterocycles. The molecule has 4 rings (SSSR count). The Morgan fingerprint density at radius 1 is 1.00 bits per heavy atom. The second kappa shape index (κ2) is 10.1. The molecule has 6 nitrogen and oxygen atoms in total. The number of hydrogen-bond acceptors (Lipinski definition) is 5. The zero-order valence-electron chi connectivity index (χ0n) is 17.2. The minimum absolute atomic E-state index is 0.220. The maximum atomic E-state index is 13.1. The number of nitrogens with zero attached hydrogens (tertiary/aromatic N) is 2. The summed E-state index contributed by atoms with van der Waals surface area (Å²) in [7, 11) is 0. The molecule has 0 saturated carbocycles. The average molecular weight is 411 g/mol. The second-order valence-corrected chi connectivity index (χ2v) is 8.09. The van der Waals surface area contributed by atoms with Gasteiger partial charge in [0.15, 0.2) is 0 Å². The first-order valence-corrected chi connectivity index (χ1v) is 10.7. The Morgan fingerprint density at radius 3 is 2.30 bits per heavy atom. The topological polar surface area (TPSA) is 62.2 Å². The number of aliphatic hydroxyl groups is 1. The average Bonchev–Trinajstić information content (AvgIpc) is 3.19. The lowest BCUT2D eigenvalue weighted by Gasteiger charge is -2.32. The molecular formula is C24H30N2O4. The monoisotopic (exact) mass is 410 g/mol. The van der Waals surface area contributed by atoms with Crippen molar-refractivity contribution in [3.05, 3.63) is 71.8 Å². The Labute approximate surface area is 178 Å². The summed E-state index contributed by atoms with van der Waals surface area (Å²) in [6, 6.07) is 19.6. The molecule has 0 radical (unpaired) electrons. The van der Waals surface area contributed by atoms with Crippen molar-refractivity contribution in [2.24, 2.45) is 0 Å². The number of rotatable bonds is 6. The fraction of sp³-hybridized carbons (Fsp3) is 0.458. The van der Waals surface area contributed by atoms with Gasteiger partial charge < -0.3 is 14.6 Å². The molecule has 2 aromatic rings. The number of amides is 1. The van der Waals surface area contributed by atoms with E-state index in [9.17, 15) is 9.90 Å². The van der Waals surface area contributed by atoms with Crippen LogP contribution in [0.15, 0.2) is 60.7 Å². The van der Waals surface area contributed by atoms with Crippen molar-refractivity contribution in [3.8, 4) is 0 Å². The van der Waals surface area contributed by atoms with Gasteiger partial charge in [0.1, 0.15) is 6.61 Å². The lowest BCUT2D eigenvalue weighted by atomic mass is 10.1. The van der Waals surface area contributed by atoms with E-state index in [1.54, 1.807) is 4.90 Å². The number of benzene rings is 2. The lowest BCUT2D eigenvalue weighted by molar-refractivity contribution is 0.0373. The van der Waals surface area contributed by atoms with E-state index in [4.69, 9.17) is 9.47 Å². The van der Waals surface area contributed by atoms with Gasteiger partial charge in [0.25, 0.3) is 0 Å². The van der Waals surface area contributed by atoms with Crippen LogP contribution in [0.1, 0.15) is 24.0 Å². The molecule has 0 aromatic heterocycles. The van der Waals surface area contributed by atoms with Crippen LogP contribution in [0.5, 0.6) is 0 Å². The molecule has 2 aliphatic heterocycles. The summed E-state index contributed by atoms with van der Waals surface area (Å²) < 4.78 is 11.1. The molecule has 0 aliphatic carbocycles. The second-order valence-electron chi connectivity index (χ2n) is 8.09. The van der Waals surface area contributed by atoms with E-state index in [2.05, 4.69) is 4.90 Å². The fourth-order valence-corrected chi connectivity index (χ4v) is 4.35. The zero-order chi connectivity index (χ0) is 20.8. The molecule has 1 N–H and O–H groups in total. The molecule has 2 fully saturated rings. The third-order valence-corrected chi connectivity index (χ3v) is 6.03. The van der Waals surface area contributed by atoms with Crippen molar-refractivity contribution >= 4 is 6.09 Å². The van der Waals surface area contributed by atoms with Crippen LogP contribution in [0, 0.1) is 0 Å². The quantitative estimate of drug-likeness (QED) is 0.793. The van der Waals surface area contributed by atoms with Crippen LogP contribution in [0.3, 0.4) is 0 Å². The Balaban J connectivity index is 1.47. The van der Waals surface area contributed by atoms with Crippen molar-refractivity contribution in [2.75, 3.05) is 26.3 Å². The minimum Gasteiger partial charge on any atom is -0.445 e. The molecule has 6 heteroatoms. The summed E-state index contributed by atoms with van der Waals surface area (Å²) >= 11 is 0. The molecule has 0 bridgehead atoms. The maximum absolute atomic E-state index is 13.1. The van der Waals surface area contributed by atoms with Crippen LogP contribution in [0.25, 0.3) is 0 Å². The summed E-state index contributed by atoms with van der Waals surface area (Å²) in [5, 5.41) is 10.9. The van der Waals surface area contributed by atoms with Crippen LogP contribution in [0.2, 0.25) is 0 Å². The number of likely N-dealkylation sites (tertiary alicyclic amines) is 1. The normalized spacial score (nSPS) is 22.7.